The SMILES string of the molecule is CS(=O)(=NC(=O)C1CCC(F)(F)CC1)c1ccccc1Cl. The summed E-state index contributed by atoms with van der Waals surface area (Å²) in [5.41, 5.74) is 0. The van der Waals surface area contributed by atoms with Gasteiger partial charge in [0.05, 0.1) is 19.6 Å². The first-order valence-corrected chi connectivity index (χ1v) is 8.90. The van der Waals surface area contributed by atoms with Crippen LogP contribution in [0.5, 0.6) is 0 Å². The Morgan fingerprint density at radius 1 is 1.33 bits per heavy atom. The van der Waals surface area contributed by atoms with Gasteiger partial charge in [0.15, 0.2) is 0 Å². The number of rotatable bonds is 2. The average Bonchev–Trinajstić information content (AvgIpc) is 2.38. The lowest BCUT2D eigenvalue weighted by atomic mass is 9.86. The van der Waals surface area contributed by atoms with Crippen LogP contribution in [0.3, 0.4) is 0 Å². The van der Waals surface area contributed by atoms with Gasteiger partial charge in [0, 0.05) is 25.0 Å². The Labute approximate surface area is 127 Å². The largest absolute Gasteiger partial charge is 0.272 e. The topological polar surface area (TPSA) is 46.5 Å². The second-order valence-corrected chi connectivity index (χ2v) is 7.93. The van der Waals surface area contributed by atoms with E-state index in [2.05, 4.69) is 4.36 Å². The molecule has 0 spiro atoms. The van der Waals surface area contributed by atoms with Crippen LogP contribution in [0.25, 0.3) is 0 Å². The quantitative estimate of drug-likeness (QED) is 0.815. The maximum absolute atomic E-state index is 13.1. The monoisotopic (exact) mass is 335 g/mol. The fourth-order valence-electron chi connectivity index (χ4n) is 2.33. The molecule has 116 valence electrons. The predicted octanol–water partition coefficient (Wildman–Crippen LogP) is 4.15. The lowest BCUT2D eigenvalue weighted by molar-refractivity contribution is -0.125. The van der Waals surface area contributed by atoms with Gasteiger partial charge < -0.3 is 0 Å². The molecule has 21 heavy (non-hydrogen) atoms. The molecule has 0 radical (unpaired) electrons. The maximum atomic E-state index is 13.1. The maximum Gasteiger partial charge on any atom is 0.257 e. The second kappa shape index (κ2) is 6.01. The first-order chi connectivity index (χ1) is 9.71. The predicted molar refractivity (Wildman–Crippen MR) is 78.1 cm³/mol. The molecule has 0 N–H and O–H groups in total. The minimum atomic E-state index is -2.96. The molecular formula is C14H16ClF2NO2S. The van der Waals surface area contributed by atoms with Crippen molar-refractivity contribution in [2.24, 2.45) is 10.3 Å². The first kappa shape index (κ1) is 16.4. The van der Waals surface area contributed by atoms with Gasteiger partial charge in [0.2, 0.25) is 5.92 Å². The van der Waals surface area contributed by atoms with Crippen LogP contribution >= 0.6 is 11.6 Å². The van der Waals surface area contributed by atoms with E-state index in [1.807, 2.05) is 0 Å². The summed E-state index contributed by atoms with van der Waals surface area (Å²) in [6, 6.07) is 6.47. The van der Waals surface area contributed by atoms with Crippen molar-refractivity contribution >= 4 is 27.2 Å². The number of alkyl halides is 2. The number of amides is 1. The third kappa shape index (κ3) is 4.01. The van der Waals surface area contributed by atoms with Gasteiger partial charge in [-0.3, -0.25) is 4.79 Å². The van der Waals surface area contributed by atoms with Crippen molar-refractivity contribution in [3.8, 4) is 0 Å². The molecule has 1 atom stereocenters. The molecule has 1 amide bonds. The molecule has 1 aromatic rings. The summed E-state index contributed by atoms with van der Waals surface area (Å²) in [6.07, 6.45) is 0.843. The zero-order valence-corrected chi connectivity index (χ0v) is 13.1. The smallest absolute Gasteiger partial charge is 0.257 e. The standard InChI is InChI=1S/C14H16ClF2NO2S/c1-21(20,12-5-3-2-4-11(12)15)18-13(19)10-6-8-14(16,17)9-7-10/h2-5,10H,6-9H2,1H3. The lowest BCUT2D eigenvalue weighted by Crippen LogP contribution is -2.28. The van der Waals surface area contributed by atoms with Gasteiger partial charge in [0.25, 0.3) is 5.91 Å². The summed E-state index contributed by atoms with van der Waals surface area (Å²) < 4.78 is 42.5. The minimum Gasteiger partial charge on any atom is -0.272 e. The molecule has 1 saturated carbocycles. The Morgan fingerprint density at radius 3 is 2.48 bits per heavy atom. The van der Waals surface area contributed by atoms with Crippen molar-refractivity contribution in [1.29, 1.82) is 0 Å². The fourth-order valence-corrected chi connectivity index (χ4v) is 4.25. The third-order valence-electron chi connectivity index (χ3n) is 3.58. The van der Waals surface area contributed by atoms with Crippen molar-refractivity contribution in [2.75, 3.05) is 6.26 Å². The first-order valence-electron chi connectivity index (χ1n) is 6.60. The molecule has 0 saturated heterocycles. The van der Waals surface area contributed by atoms with Crippen LogP contribution in [-0.4, -0.2) is 22.3 Å². The Hall–Kier alpha value is -1.01. The highest BCUT2D eigenvalue weighted by atomic mass is 35.5. The van der Waals surface area contributed by atoms with E-state index >= 15 is 0 Å². The molecule has 1 fully saturated rings. The van der Waals surface area contributed by atoms with Crippen LogP contribution in [0.4, 0.5) is 8.78 Å². The molecule has 1 unspecified atom stereocenters. The van der Waals surface area contributed by atoms with Gasteiger partial charge >= 0.3 is 0 Å². The summed E-state index contributed by atoms with van der Waals surface area (Å²) >= 11 is 5.97. The van der Waals surface area contributed by atoms with Crippen molar-refractivity contribution < 1.29 is 17.8 Å². The minimum absolute atomic E-state index is 0.0768. The molecule has 3 nitrogen and oxygen atoms in total. The Morgan fingerprint density at radius 2 is 1.90 bits per heavy atom. The lowest BCUT2D eigenvalue weighted by Gasteiger charge is -2.26. The molecule has 0 aromatic heterocycles. The van der Waals surface area contributed by atoms with Crippen molar-refractivity contribution in [1.82, 2.24) is 0 Å². The third-order valence-corrected chi connectivity index (χ3v) is 5.72. The van der Waals surface area contributed by atoms with E-state index in [0.717, 1.165) is 0 Å². The molecule has 0 aliphatic heterocycles. The molecule has 0 bridgehead atoms. The summed E-state index contributed by atoms with van der Waals surface area (Å²) in [7, 11) is -2.96. The Balaban J connectivity index is 2.21. The van der Waals surface area contributed by atoms with Gasteiger partial charge in [-0.2, -0.15) is 4.36 Å². The van der Waals surface area contributed by atoms with E-state index in [1.165, 1.54) is 6.26 Å². The molecule has 0 heterocycles. The van der Waals surface area contributed by atoms with Gasteiger partial charge in [-0.15, -0.1) is 0 Å². The van der Waals surface area contributed by atoms with E-state index in [0.29, 0.717) is 4.90 Å². The number of nitrogens with zero attached hydrogens (tertiary/aromatic N) is 1. The highest BCUT2D eigenvalue weighted by Crippen LogP contribution is 2.37. The summed E-state index contributed by atoms with van der Waals surface area (Å²) in [6.45, 7) is 0. The van der Waals surface area contributed by atoms with E-state index in [-0.39, 0.29) is 30.7 Å². The van der Waals surface area contributed by atoms with E-state index in [9.17, 15) is 17.8 Å². The van der Waals surface area contributed by atoms with Gasteiger partial charge in [-0.25, -0.2) is 13.0 Å². The van der Waals surface area contributed by atoms with E-state index in [1.54, 1.807) is 24.3 Å². The molecular weight excluding hydrogens is 320 g/mol. The van der Waals surface area contributed by atoms with Crippen LogP contribution in [0, 0.1) is 5.92 Å². The van der Waals surface area contributed by atoms with Crippen LogP contribution in [0.15, 0.2) is 33.5 Å². The zero-order valence-electron chi connectivity index (χ0n) is 11.5. The molecule has 1 aliphatic carbocycles. The molecule has 2 rings (SSSR count). The van der Waals surface area contributed by atoms with Gasteiger partial charge in [-0.1, -0.05) is 23.7 Å². The highest BCUT2D eigenvalue weighted by molar-refractivity contribution is 7.93. The number of hydrogen-bond acceptors (Lipinski definition) is 2. The van der Waals surface area contributed by atoms with E-state index < -0.39 is 27.5 Å². The van der Waals surface area contributed by atoms with Crippen molar-refractivity contribution in [3.05, 3.63) is 29.3 Å². The van der Waals surface area contributed by atoms with Gasteiger partial charge in [0.1, 0.15) is 0 Å². The Bertz CT molecular complexity index is 659. The van der Waals surface area contributed by atoms with Crippen molar-refractivity contribution in [2.45, 2.75) is 36.5 Å². The second-order valence-electron chi connectivity index (χ2n) is 5.29. The average molecular weight is 336 g/mol. The summed E-state index contributed by atoms with van der Waals surface area (Å²) in [5.74, 6) is -3.85. The molecule has 7 heteroatoms. The van der Waals surface area contributed by atoms with Crippen LogP contribution in [0.1, 0.15) is 25.7 Å². The molecule has 1 aromatic carbocycles. The summed E-state index contributed by atoms with van der Waals surface area (Å²) in [5, 5.41) is 0.275. The van der Waals surface area contributed by atoms with Crippen molar-refractivity contribution in [3.63, 3.8) is 0 Å². The van der Waals surface area contributed by atoms with Gasteiger partial charge in [-0.05, 0) is 25.0 Å². The normalized spacial score (nSPS) is 21.5. The zero-order chi connectivity index (χ0) is 15.7. The number of carbonyl (C=O) groups is 1. The fraction of sp³-hybridized carbons (Fsp3) is 0.500. The van der Waals surface area contributed by atoms with Crippen LogP contribution in [-0.2, 0) is 14.5 Å². The van der Waals surface area contributed by atoms with E-state index in [4.69, 9.17) is 11.6 Å². The highest BCUT2D eigenvalue weighted by Gasteiger charge is 2.37. The Kier molecular flexibility index (Phi) is 4.68. The molecule has 1 aliphatic rings. The summed E-state index contributed by atoms with van der Waals surface area (Å²) in [4.78, 5) is 12.4. The van der Waals surface area contributed by atoms with Crippen LogP contribution in [0.2, 0.25) is 5.02 Å². The van der Waals surface area contributed by atoms with Crippen LogP contribution < -0.4 is 0 Å². The number of hydrogen-bond donors (Lipinski definition) is 0. The number of benzene rings is 1. The number of carbonyl (C=O) groups excluding carboxylic acids is 1. The number of halogens is 3.